The Bertz CT molecular complexity index is 552. The van der Waals surface area contributed by atoms with Gasteiger partial charge in [-0.2, -0.15) is 0 Å². The maximum atomic E-state index is 10.8. The Hall–Kier alpha value is -2.13. The van der Waals surface area contributed by atoms with E-state index in [1.54, 1.807) is 24.3 Å². The van der Waals surface area contributed by atoms with Gasteiger partial charge in [0.15, 0.2) is 5.78 Å². The highest BCUT2D eigenvalue weighted by Crippen LogP contribution is 2.29. The van der Waals surface area contributed by atoms with Crippen LogP contribution in [0.5, 0.6) is 0 Å². The lowest BCUT2D eigenvalue weighted by molar-refractivity contribution is 0.0904. The summed E-state index contributed by atoms with van der Waals surface area (Å²) in [5, 5.41) is 8.44. The number of nitrogens with zero attached hydrogens (tertiary/aromatic N) is 1. The van der Waals surface area contributed by atoms with Crippen LogP contribution in [0.2, 0.25) is 0 Å². The molecule has 1 heterocycles. The standard InChI is InChI=1S/C8H9N.C8H8O2/c1-9-6-7-4-2-3-5-8(7)9;9-6-8(10)7-4-2-1-3-5-7/h2-5H,6H2,1H3;1-5,9H,6H2. The fourth-order valence-electron chi connectivity index (χ4n) is 1.98. The highest BCUT2D eigenvalue weighted by atomic mass is 16.3. The Labute approximate surface area is 113 Å². The van der Waals surface area contributed by atoms with Crippen molar-refractivity contribution in [3.05, 3.63) is 65.7 Å². The number of Topliss-reactive ketones (excluding diaryl/α,β-unsaturated/α-hetero) is 1. The number of fused-ring (bicyclic) bond motifs is 1. The zero-order chi connectivity index (χ0) is 13.7. The first-order chi connectivity index (χ1) is 9.22. The van der Waals surface area contributed by atoms with Crippen molar-refractivity contribution in [2.45, 2.75) is 6.54 Å². The number of benzene rings is 2. The van der Waals surface area contributed by atoms with Crippen LogP contribution in [0.1, 0.15) is 15.9 Å². The van der Waals surface area contributed by atoms with Crippen LogP contribution in [0.15, 0.2) is 54.6 Å². The van der Waals surface area contributed by atoms with Crippen LogP contribution in [0.4, 0.5) is 5.69 Å². The molecule has 0 saturated carbocycles. The highest BCUT2D eigenvalue weighted by Gasteiger charge is 2.15. The Morgan fingerprint density at radius 2 is 1.74 bits per heavy atom. The summed E-state index contributed by atoms with van der Waals surface area (Å²) in [6.07, 6.45) is 0. The van der Waals surface area contributed by atoms with Crippen LogP contribution in [0.3, 0.4) is 0 Å². The molecule has 0 atom stereocenters. The fraction of sp³-hybridized carbons (Fsp3) is 0.188. The molecule has 1 aliphatic heterocycles. The molecule has 0 aliphatic carbocycles. The second-order valence-corrected chi connectivity index (χ2v) is 4.43. The molecule has 2 aromatic carbocycles. The number of ketones is 1. The fourth-order valence-corrected chi connectivity index (χ4v) is 1.98. The first-order valence-electron chi connectivity index (χ1n) is 6.20. The van der Waals surface area contributed by atoms with E-state index in [4.69, 9.17) is 5.11 Å². The first-order valence-corrected chi connectivity index (χ1v) is 6.20. The molecule has 0 amide bonds. The molecule has 19 heavy (non-hydrogen) atoms. The second-order valence-electron chi connectivity index (χ2n) is 4.43. The van der Waals surface area contributed by atoms with Gasteiger partial charge in [0.05, 0.1) is 0 Å². The monoisotopic (exact) mass is 255 g/mol. The van der Waals surface area contributed by atoms with Crippen molar-refractivity contribution < 1.29 is 9.90 Å². The maximum absolute atomic E-state index is 10.8. The molecule has 0 radical (unpaired) electrons. The predicted molar refractivity (Wildman–Crippen MR) is 76.4 cm³/mol. The van der Waals surface area contributed by atoms with Gasteiger partial charge in [-0.25, -0.2) is 0 Å². The van der Waals surface area contributed by atoms with E-state index in [0.29, 0.717) is 5.56 Å². The molecule has 1 N–H and O–H groups in total. The Morgan fingerprint density at radius 1 is 1.11 bits per heavy atom. The van der Waals surface area contributed by atoms with Crippen molar-refractivity contribution in [1.29, 1.82) is 0 Å². The molecule has 0 saturated heterocycles. The van der Waals surface area contributed by atoms with Gasteiger partial charge in [-0.3, -0.25) is 4.79 Å². The van der Waals surface area contributed by atoms with E-state index in [-0.39, 0.29) is 5.78 Å². The van der Waals surface area contributed by atoms with E-state index in [1.165, 1.54) is 11.3 Å². The van der Waals surface area contributed by atoms with Gasteiger partial charge in [-0.15, -0.1) is 0 Å². The molecule has 0 aromatic heterocycles. The third-order valence-electron chi connectivity index (χ3n) is 3.05. The van der Waals surface area contributed by atoms with Gasteiger partial charge >= 0.3 is 0 Å². The Kier molecular flexibility index (Phi) is 4.31. The molecule has 3 rings (SSSR count). The average Bonchev–Trinajstić information content (AvgIpc) is 2.47. The quantitative estimate of drug-likeness (QED) is 0.838. The van der Waals surface area contributed by atoms with Crippen LogP contribution < -0.4 is 4.90 Å². The van der Waals surface area contributed by atoms with E-state index in [2.05, 4.69) is 36.2 Å². The van der Waals surface area contributed by atoms with Gasteiger partial charge in [-0.1, -0.05) is 48.5 Å². The van der Waals surface area contributed by atoms with E-state index in [0.717, 1.165) is 6.54 Å². The van der Waals surface area contributed by atoms with Crippen molar-refractivity contribution in [3.63, 3.8) is 0 Å². The lowest BCUT2D eigenvalue weighted by atomic mass is 10.1. The summed E-state index contributed by atoms with van der Waals surface area (Å²) in [4.78, 5) is 13.0. The van der Waals surface area contributed by atoms with Gasteiger partial charge in [0.2, 0.25) is 0 Å². The molecule has 0 spiro atoms. The average molecular weight is 255 g/mol. The normalized spacial score (nSPS) is 11.8. The van der Waals surface area contributed by atoms with Crippen molar-refractivity contribution in [1.82, 2.24) is 0 Å². The number of rotatable bonds is 2. The van der Waals surface area contributed by atoms with E-state index < -0.39 is 6.61 Å². The largest absolute Gasteiger partial charge is 0.388 e. The number of aliphatic hydroxyl groups excluding tert-OH is 1. The molecule has 98 valence electrons. The van der Waals surface area contributed by atoms with Gasteiger partial charge < -0.3 is 10.0 Å². The third-order valence-corrected chi connectivity index (χ3v) is 3.05. The summed E-state index contributed by atoms with van der Waals surface area (Å²) in [5.74, 6) is -0.236. The zero-order valence-corrected chi connectivity index (χ0v) is 10.9. The van der Waals surface area contributed by atoms with Gasteiger partial charge in [0.25, 0.3) is 0 Å². The molecular weight excluding hydrogens is 238 g/mol. The number of carbonyl (C=O) groups is 1. The smallest absolute Gasteiger partial charge is 0.188 e. The molecule has 2 aromatic rings. The molecule has 1 aliphatic rings. The van der Waals surface area contributed by atoms with E-state index in [9.17, 15) is 4.79 Å². The minimum Gasteiger partial charge on any atom is -0.388 e. The summed E-state index contributed by atoms with van der Waals surface area (Å²) in [7, 11) is 2.11. The van der Waals surface area contributed by atoms with Crippen molar-refractivity contribution in [2.24, 2.45) is 0 Å². The summed E-state index contributed by atoms with van der Waals surface area (Å²) in [6.45, 7) is 0.709. The Morgan fingerprint density at radius 3 is 2.26 bits per heavy atom. The van der Waals surface area contributed by atoms with Gasteiger partial charge in [0.1, 0.15) is 6.61 Å². The molecular formula is C16H17NO2. The molecule has 3 heteroatoms. The minimum atomic E-state index is -0.413. The van der Waals surface area contributed by atoms with Crippen LogP contribution in [-0.4, -0.2) is 24.5 Å². The van der Waals surface area contributed by atoms with Gasteiger partial charge in [-0.05, 0) is 11.6 Å². The van der Waals surface area contributed by atoms with Crippen LogP contribution in [-0.2, 0) is 6.54 Å². The Balaban J connectivity index is 0.000000141. The van der Waals surface area contributed by atoms with Crippen LogP contribution in [0.25, 0.3) is 0 Å². The number of carbonyl (C=O) groups excluding carboxylic acids is 1. The molecule has 3 nitrogen and oxygen atoms in total. The lowest BCUT2D eigenvalue weighted by Gasteiger charge is -2.31. The molecule has 0 fully saturated rings. The van der Waals surface area contributed by atoms with E-state index in [1.807, 2.05) is 6.07 Å². The van der Waals surface area contributed by atoms with Crippen LogP contribution in [0, 0.1) is 0 Å². The summed E-state index contributed by atoms with van der Waals surface area (Å²) in [5.41, 5.74) is 3.42. The summed E-state index contributed by atoms with van der Waals surface area (Å²) >= 11 is 0. The lowest BCUT2D eigenvalue weighted by Crippen LogP contribution is -2.27. The first kappa shape index (κ1) is 13.3. The van der Waals surface area contributed by atoms with Gasteiger partial charge in [0, 0.05) is 24.8 Å². The third kappa shape index (κ3) is 3.20. The number of aliphatic hydroxyl groups is 1. The SMILES string of the molecule is CN1Cc2ccccc21.O=C(CO)c1ccccc1. The van der Waals surface area contributed by atoms with Crippen molar-refractivity contribution in [3.8, 4) is 0 Å². The number of para-hydroxylation sites is 1. The summed E-state index contributed by atoms with van der Waals surface area (Å²) in [6, 6.07) is 17.2. The minimum absolute atomic E-state index is 0.236. The zero-order valence-electron chi connectivity index (χ0n) is 10.9. The number of anilines is 1. The van der Waals surface area contributed by atoms with Crippen molar-refractivity contribution >= 4 is 11.5 Å². The predicted octanol–water partition coefficient (Wildman–Crippen LogP) is 2.50. The summed E-state index contributed by atoms with van der Waals surface area (Å²) < 4.78 is 0. The topological polar surface area (TPSA) is 40.5 Å². The number of hydrogen-bond acceptors (Lipinski definition) is 3. The van der Waals surface area contributed by atoms with Crippen LogP contribution >= 0.6 is 0 Å². The van der Waals surface area contributed by atoms with E-state index >= 15 is 0 Å². The molecule has 0 bridgehead atoms. The maximum Gasteiger partial charge on any atom is 0.188 e. The second kappa shape index (κ2) is 6.16. The van der Waals surface area contributed by atoms with Crippen molar-refractivity contribution in [2.75, 3.05) is 18.6 Å². The highest BCUT2D eigenvalue weighted by molar-refractivity contribution is 5.96. The molecule has 0 unspecified atom stereocenters. The number of hydrogen-bond donors (Lipinski definition) is 1.